The first kappa shape index (κ1) is 26.6. The van der Waals surface area contributed by atoms with Gasteiger partial charge in [-0.1, -0.05) is 121 Å². The van der Waals surface area contributed by atoms with E-state index < -0.39 is 0 Å². The van der Waals surface area contributed by atoms with Crippen molar-refractivity contribution in [1.29, 1.82) is 0 Å². The van der Waals surface area contributed by atoms with Crippen LogP contribution in [0.2, 0.25) is 0 Å². The van der Waals surface area contributed by atoms with E-state index in [1.165, 1.54) is 11.1 Å². The number of furan rings is 1. The monoisotopic (exact) mass is 614 g/mol. The van der Waals surface area contributed by atoms with Crippen molar-refractivity contribution in [1.82, 2.24) is 19.5 Å². The summed E-state index contributed by atoms with van der Waals surface area (Å²) in [5.74, 6) is 1.78. The molecular weight excluding hydrogens is 589 g/mol. The molecule has 3 aromatic heterocycles. The Morgan fingerprint density at radius 3 is 1.85 bits per heavy atom. The van der Waals surface area contributed by atoms with Crippen LogP contribution in [-0.4, -0.2) is 19.5 Å². The number of aromatic nitrogens is 4. The largest absolute Gasteiger partial charge is 0.455 e. The molecule has 0 saturated heterocycles. The predicted octanol–water partition coefficient (Wildman–Crippen LogP) is 11.0. The number of hydrogen-bond acceptors (Lipinski definition) is 4. The summed E-state index contributed by atoms with van der Waals surface area (Å²) in [6.07, 6.45) is 0. The molecule has 0 amide bonds. The minimum Gasteiger partial charge on any atom is -0.455 e. The van der Waals surface area contributed by atoms with Crippen molar-refractivity contribution in [2.24, 2.45) is 0 Å². The Balaban J connectivity index is 1.23. The van der Waals surface area contributed by atoms with E-state index in [9.17, 15) is 0 Å². The highest BCUT2D eigenvalue weighted by Gasteiger charge is 2.19. The van der Waals surface area contributed by atoms with Crippen LogP contribution in [0.25, 0.3) is 94.4 Å². The summed E-state index contributed by atoms with van der Waals surface area (Å²) < 4.78 is 8.58. The molecule has 0 atom stereocenters. The summed E-state index contributed by atoms with van der Waals surface area (Å²) >= 11 is 0. The maximum atomic E-state index is 6.41. The average Bonchev–Trinajstić information content (AvgIpc) is 3.71. The molecule has 224 valence electrons. The first-order valence-corrected chi connectivity index (χ1v) is 16.0. The molecule has 3 heterocycles. The zero-order valence-corrected chi connectivity index (χ0v) is 25.7. The Morgan fingerprint density at radius 2 is 1.02 bits per heavy atom. The van der Waals surface area contributed by atoms with E-state index in [-0.39, 0.29) is 0 Å². The molecule has 0 aliphatic rings. The molecule has 10 rings (SSSR count). The molecule has 0 aliphatic heterocycles. The van der Waals surface area contributed by atoms with Gasteiger partial charge in [0.15, 0.2) is 11.6 Å². The maximum absolute atomic E-state index is 6.41. The summed E-state index contributed by atoms with van der Waals surface area (Å²) in [7, 11) is 0. The quantitative estimate of drug-likeness (QED) is 0.198. The SMILES string of the molecule is c1ccc(-c2ccc3c(c2)c2ccccc2n3-c2nc(-c3ccccc3)nc(-c3ccc4ccc5c6ccccc6oc5c4c3)n2)cc1. The fourth-order valence-electron chi connectivity index (χ4n) is 6.95. The first-order chi connectivity index (χ1) is 23.8. The van der Waals surface area contributed by atoms with Gasteiger partial charge in [-0.25, -0.2) is 4.98 Å². The lowest BCUT2D eigenvalue weighted by molar-refractivity contribution is 0.672. The minimum absolute atomic E-state index is 0.569. The van der Waals surface area contributed by atoms with Gasteiger partial charge in [0.1, 0.15) is 11.2 Å². The van der Waals surface area contributed by atoms with Crippen LogP contribution in [0.4, 0.5) is 0 Å². The standard InChI is InChI=1S/C43H26N4O/c1-3-11-27(12-4-1)30-22-24-38-36(25-30)32-15-7-9-17-37(32)47(38)43-45-41(29-13-5-2-6-14-29)44-42(46-43)31-20-19-28-21-23-34-33-16-8-10-18-39(33)48-40(34)35(28)26-31/h1-26H. The van der Waals surface area contributed by atoms with Gasteiger partial charge in [-0.15, -0.1) is 0 Å². The lowest BCUT2D eigenvalue weighted by Gasteiger charge is -2.11. The minimum atomic E-state index is 0.569. The lowest BCUT2D eigenvalue weighted by atomic mass is 10.0. The van der Waals surface area contributed by atoms with E-state index in [1.807, 2.05) is 54.6 Å². The molecule has 7 aromatic carbocycles. The summed E-state index contributed by atoms with van der Waals surface area (Å²) in [5.41, 5.74) is 7.98. The third-order valence-electron chi connectivity index (χ3n) is 9.25. The molecule has 48 heavy (non-hydrogen) atoms. The van der Waals surface area contributed by atoms with Crippen molar-refractivity contribution < 1.29 is 4.42 Å². The normalized spacial score (nSPS) is 11.8. The molecule has 0 fully saturated rings. The molecule has 0 aliphatic carbocycles. The van der Waals surface area contributed by atoms with E-state index in [1.54, 1.807) is 0 Å². The van der Waals surface area contributed by atoms with Gasteiger partial charge in [0.2, 0.25) is 5.95 Å². The summed E-state index contributed by atoms with van der Waals surface area (Å²) in [5, 5.41) is 6.61. The molecule has 0 unspecified atom stereocenters. The number of nitrogens with zero attached hydrogens (tertiary/aromatic N) is 4. The second-order valence-corrected chi connectivity index (χ2v) is 12.1. The van der Waals surface area contributed by atoms with Crippen LogP contribution in [0.3, 0.4) is 0 Å². The predicted molar refractivity (Wildman–Crippen MR) is 195 cm³/mol. The molecule has 0 saturated carbocycles. The van der Waals surface area contributed by atoms with E-state index in [0.717, 1.165) is 65.6 Å². The van der Waals surface area contributed by atoms with Gasteiger partial charge >= 0.3 is 0 Å². The Bertz CT molecular complexity index is 2830. The molecular formula is C43H26N4O. The highest BCUT2D eigenvalue weighted by Crippen LogP contribution is 2.37. The number of hydrogen-bond donors (Lipinski definition) is 0. The zero-order valence-electron chi connectivity index (χ0n) is 25.7. The fourth-order valence-corrected chi connectivity index (χ4v) is 6.95. The van der Waals surface area contributed by atoms with Crippen molar-refractivity contribution in [2.75, 3.05) is 0 Å². The Labute approximate surface area is 275 Å². The molecule has 5 heteroatoms. The zero-order chi connectivity index (χ0) is 31.6. The van der Waals surface area contributed by atoms with Crippen LogP contribution < -0.4 is 0 Å². The van der Waals surface area contributed by atoms with Crippen LogP contribution in [0.15, 0.2) is 162 Å². The average molecular weight is 615 g/mol. The highest BCUT2D eigenvalue weighted by molar-refractivity contribution is 6.15. The number of rotatable bonds is 4. The molecule has 10 aromatic rings. The lowest BCUT2D eigenvalue weighted by Crippen LogP contribution is -2.06. The van der Waals surface area contributed by atoms with Crippen LogP contribution in [-0.2, 0) is 0 Å². The van der Waals surface area contributed by atoms with Gasteiger partial charge in [0.25, 0.3) is 0 Å². The third-order valence-corrected chi connectivity index (χ3v) is 9.25. The Hall–Kier alpha value is -6.59. The van der Waals surface area contributed by atoms with Gasteiger partial charge < -0.3 is 4.42 Å². The van der Waals surface area contributed by atoms with Gasteiger partial charge in [-0.05, 0) is 52.9 Å². The highest BCUT2D eigenvalue weighted by atomic mass is 16.3. The number of para-hydroxylation sites is 2. The fraction of sp³-hybridized carbons (Fsp3) is 0. The molecule has 0 bridgehead atoms. The second-order valence-electron chi connectivity index (χ2n) is 12.1. The summed E-state index contributed by atoms with van der Waals surface area (Å²) in [6, 6.07) is 54.5. The summed E-state index contributed by atoms with van der Waals surface area (Å²) in [6.45, 7) is 0. The number of benzene rings is 7. The van der Waals surface area contributed by atoms with E-state index in [0.29, 0.717) is 17.6 Å². The van der Waals surface area contributed by atoms with E-state index in [2.05, 4.69) is 108 Å². The van der Waals surface area contributed by atoms with Crippen LogP contribution >= 0.6 is 0 Å². The third kappa shape index (κ3) is 4.15. The van der Waals surface area contributed by atoms with E-state index >= 15 is 0 Å². The van der Waals surface area contributed by atoms with Gasteiger partial charge in [0.05, 0.1) is 11.0 Å². The number of fused-ring (bicyclic) bond motifs is 8. The summed E-state index contributed by atoms with van der Waals surface area (Å²) in [4.78, 5) is 15.4. The van der Waals surface area contributed by atoms with Crippen molar-refractivity contribution in [2.45, 2.75) is 0 Å². The van der Waals surface area contributed by atoms with Gasteiger partial charge in [-0.3, -0.25) is 4.57 Å². The van der Waals surface area contributed by atoms with Gasteiger partial charge in [0, 0.05) is 38.1 Å². The molecule has 0 spiro atoms. The Morgan fingerprint density at radius 1 is 0.396 bits per heavy atom. The van der Waals surface area contributed by atoms with Crippen LogP contribution in [0.5, 0.6) is 0 Å². The molecule has 0 N–H and O–H groups in total. The second kappa shape index (κ2) is 10.5. The Kier molecular flexibility index (Phi) is 5.81. The van der Waals surface area contributed by atoms with Crippen molar-refractivity contribution >= 4 is 54.5 Å². The molecule has 0 radical (unpaired) electrons. The topological polar surface area (TPSA) is 56.7 Å². The molecule has 5 nitrogen and oxygen atoms in total. The van der Waals surface area contributed by atoms with Crippen molar-refractivity contribution in [3.05, 3.63) is 158 Å². The van der Waals surface area contributed by atoms with E-state index in [4.69, 9.17) is 19.4 Å². The van der Waals surface area contributed by atoms with Crippen LogP contribution in [0, 0.1) is 0 Å². The maximum Gasteiger partial charge on any atom is 0.238 e. The van der Waals surface area contributed by atoms with Crippen molar-refractivity contribution in [3.63, 3.8) is 0 Å². The van der Waals surface area contributed by atoms with Crippen molar-refractivity contribution in [3.8, 4) is 39.9 Å². The smallest absolute Gasteiger partial charge is 0.238 e. The first-order valence-electron chi connectivity index (χ1n) is 16.0. The van der Waals surface area contributed by atoms with Gasteiger partial charge in [-0.2, -0.15) is 9.97 Å². The van der Waals surface area contributed by atoms with Crippen LogP contribution in [0.1, 0.15) is 0 Å².